The molecule has 0 aliphatic heterocycles. The van der Waals surface area contributed by atoms with Crippen LogP contribution in [0.4, 0.5) is 5.82 Å². The predicted molar refractivity (Wildman–Crippen MR) is 65.7 cm³/mol. The van der Waals surface area contributed by atoms with Gasteiger partial charge in [-0.15, -0.1) is 0 Å². The number of nitrogens with one attached hydrogen (secondary N) is 1. The summed E-state index contributed by atoms with van der Waals surface area (Å²) < 4.78 is 0. The summed E-state index contributed by atoms with van der Waals surface area (Å²) in [4.78, 5) is 4.19. The Morgan fingerprint density at radius 2 is 2.12 bits per heavy atom. The second-order valence-electron chi connectivity index (χ2n) is 4.39. The third kappa shape index (κ3) is 3.09. The molecule has 4 heteroatoms. The van der Waals surface area contributed by atoms with Gasteiger partial charge in [0.25, 0.3) is 0 Å². The van der Waals surface area contributed by atoms with E-state index in [4.69, 9.17) is 11.6 Å². The van der Waals surface area contributed by atoms with Gasteiger partial charge in [-0.1, -0.05) is 11.6 Å². The highest BCUT2D eigenvalue weighted by molar-refractivity contribution is 6.32. The Labute approximate surface area is 101 Å². The smallest absolute Gasteiger partial charge is 0.144 e. The van der Waals surface area contributed by atoms with Gasteiger partial charge in [-0.05, 0) is 43.7 Å². The van der Waals surface area contributed by atoms with Gasteiger partial charge < -0.3 is 10.4 Å². The number of aromatic nitrogens is 1. The van der Waals surface area contributed by atoms with E-state index < -0.39 is 0 Å². The van der Waals surface area contributed by atoms with Crippen LogP contribution in [0.3, 0.4) is 0 Å². The van der Waals surface area contributed by atoms with E-state index in [9.17, 15) is 5.11 Å². The summed E-state index contributed by atoms with van der Waals surface area (Å²) in [6.07, 6.45) is 5.65. The third-order valence-electron chi connectivity index (χ3n) is 3.13. The normalized spacial score (nSPS) is 25.4. The lowest BCUT2D eigenvalue weighted by Crippen LogP contribution is -2.23. The van der Waals surface area contributed by atoms with Crippen molar-refractivity contribution in [1.82, 2.24) is 4.98 Å². The monoisotopic (exact) mass is 240 g/mol. The molecular weight excluding hydrogens is 224 g/mol. The van der Waals surface area contributed by atoms with Gasteiger partial charge in [-0.25, -0.2) is 4.98 Å². The minimum Gasteiger partial charge on any atom is -0.393 e. The van der Waals surface area contributed by atoms with Crippen LogP contribution in [0.5, 0.6) is 0 Å². The Kier molecular flexibility index (Phi) is 4.02. The number of halogens is 1. The topological polar surface area (TPSA) is 45.1 Å². The summed E-state index contributed by atoms with van der Waals surface area (Å²) in [6, 6.07) is 3.66. The van der Waals surface area contributed by atoms with E-state index in [2.05, 4.69) is 10.3 Å². The quantitative estimate of drug-likeness (QED) is 0.854. The van der Waals surface area contributed by atoms with Crippen LogP contribution in [0.2, 0.25) is 5.02 Å². The zero-order valence-corrected chi connectivity index (χ0v) is 9.95. The number of hydrogen-bond acceptors (Lipinski definition) is 3. The molecule has 1 heterocycles. The average Bonchev–Trinajstić information content (AvgIpc) is 2.30. The molecule has 0 spiro atoms. The fourth-order valence-corrected chi connectivity index (χ4v) is 2.29. The predicted octanol–water partition coefficient (Wildman–Crippen LogP) is 2.70. The molecule has 0 bridgehead atoms. The van der Waals surface area contributed by atoms with Crippen LogP contribution in [-0.4, -0.2) is 22.7 Å². The van der Waals surface area contributed by atoms with E-state index in [1.165, 1.54) is 0 Å². The molecule has 1 aromatic rings. The molecular formula is C12H17ClN2O. The third-order valence-corrected chi connectivity index (χ3v) is 3.44. The van der Waals surface area contributed by atoms with Crippen molar-refractivity contribution in [3.05, 3.63) is 23.4 Å². The molecule has 0 saturated heterocycles. The Morgan fingerprint density at radius 1 is 1.38 bits per heavy atom. The van der Waals surface area contributed by atoms with E-state index >= 15 is 0 Å². The van der Waals surface area contributed by atoms with Crippen LogP contribution in [0.25, 0.3) is 0 Å². The minimum absolute atomic E-state index is 0.0883. The minimum atomic E-state index is -0.0883. The highest BCUT2D eigenvalue weighted by Crippen LogP contribution is 2.25. The molecule has 2 rings (SSSR count). The molecule has 16 heavy (non-hydrogen) atoms. The first-order chi connectivity index (χ1) is 7.75. The number of nitrogens with zero attached hydrogens (tertiary/aromatic N) is 1. The van der Waals surface area contributed by atoms with E-state index in [0.717, 1.165) is 38.0 Å². The Morgan fingerprint density at radius 3 is 2.81 bits per heavy atom. The molecule has 2 N–H and O–H groups in total. The van der Waals surface area contributed by atoms with Gasteiger partial charge in [0.05, 0.1) is 11.1 Å². The average molecular weight is 241 g/mol. The van der Waals surface area contributed by atoms with Crippen molar-refractivity contribution >= 4 is 17.4 Å². The number of aliphatic hydroxyl groups excluding tert-OH is 1. The summed E-state index contributed by atoms with van der Waals surface area (Å²) in [5.41, 5.74) is 0. The summed E-state index contributed by atoms with van der Waals surface area (Å²) in [6.45, 7) is 0.892. The van der Waals surface area contributed by atoms with E-state index in [1.807, 2.05) is 12.1 Å². The summed E-state index contributed by atoms with van der Waals surface area (Å²) in [7, 11) is 0. The van der Waals surface area contributed by atoms with Crippen LogP contribution in [0.15, 0.2) is 18.3 Å². The van der Waals surface area contributed by atoms with Crippen molar-refractivity contribution in [2.75, 3.05) is 11.9 Å². The molecule has 0 atom stereocenters. The standard InChI is InChI=1S/C12H17ClN2O/c13-11-2-1-7-14-12(11)15-8-9-3-5-10(16)6-4-9/h1-2,7,9-10,16H,3-6,8H2,(H,14,15). The summed E-state index contributed by atoms with van der Waals surface area (Å²) >= 11 is 6.00. The van der Waals surface area contributed by atoms with Gasteiger partial charge in [-0.3, -0.25) is 0 Å². The molecule has 0 aromatic carbocycles. The SMILES string of the molecule is OC1CCC(CNc2ncccc2Cl)CC1. The molecule has 0 unspecified atom stereocenters. The van der Waals surface area contributed by atoms with Crippen LogP contribution in [0, 0.1) is 5.92 Å². The Bertz CT molecular complexity index is 338. The number of pyridine rings is 1. The fourth-order valence-electron chi connectivity index (χ4n) is 2.11. The summed E-state index contributed by atoms with van der Waals surface area (Å²) in [5, 5.41) is 13.3. The maximum Gasteiger partial charge on any atom is 0.144 e. The second kappa shape index (κ2) is 5.51. The number of rotatable bonds is 3. The van der Waals surface area contributed by atoms with Crippen molar-refractivity contribution in [3.63, 3.8) is 0 Å². The molecule has 1 aromatic heterocycles. The lowest BCUT2D eigenvalue weighted by atomic mass is 9.87. The van der Waals surface area contributed by atoms with Gasteiger partial charge in [0.2, 0.25) is 0 Å². The van der Waals surface area contributed by atoms with Gasteiger partial charge in [0, 0.05) is 12.7 Å². The molecule has 1 saturated carbocycles. The first-order valence-electron chi connectivity index (χ1n) is 5.78. The van der Waals surface area contributed by atoms with Gasteiger partial charge in [-0.2, -0.15) is 0 Å². The Hall–Kier alpha value is -0.800. The van der Waals surface area contributed by atoms with Crippen LogP contribution < -0.4 is 5.32 Å². The van der Waals surface area contributed by atoms with E-state index in [-0.39, 0.29) is 6.10 Å². The molecule has 88 valence electrons. The van der Waals surface area contributed by atoms with Crippen LogP contribution >= 0.6 is 11.6 Å². The number of aliphatic hydroxyl groups is 1. The zero-order valence-electron chi connectivity index (χ0n) is 9.19. The van der Waals surface area contributed by atoms with Crippen molar-refractivity contribution in [3.8, 4) is 0 Å². The van der Waals surface area contributed by atoms with Crippen LogP contribution in [0.1, 0.15) is 25.7 Å². The molecule has 1 aliphatic rings. The zero-order chi connectivity index (χ0) is 11.4. The van der Waals surface area contributed by atoms with Crippen molar-refractivity contribution in [2.45, 2.75) is 31.8 Å². The van der Waals surface area contributed by atoms with Crippen molar-refractivity contribution in [1.29, 1.82) is 0 Å². The highest BCUT2D eigenvalue weighted by Gasteiger charge is 2.19. The van der Waals surface area contributed by atoms with Gasteiger partial charge in [0.15, 0.2) is 0 Å². The maximum absolute atomic E-state index is 9.40. The van der Waals surface area contributed by atoms with E-state index in [0.29, 0.717) is 10.9 Å². The molecule has 1 fully saturated rings. The van der Waals surface area contributed by atoms with Crippen molar-refractivity contribution in [2.24, 2.45) is 5.92 Å². The fraction of sp³-hybridized carbons (Fsp3) is 0.583. The largest absolute Gasteiger partial charge is 0.393 e. The first-order valence-corrected chi connectivity index (χ1v) is 6.16. The lowest BCUT2D eigenvalue weighted by Gasteiger charge is -2.25. The Balaban J connectivity index is 1.81. The lowest BCUT2D eigenvalue weighted by molar-refractivity contribution is 0.111. The molecule has 3 nitrogen and oxygen atoms in total. The maximum atomic E-state index is 9.40. The van der Waals surface area contributed by atoms with Crippen molar-refractivity contribution < 1.29 is 5.11 Å². The highest BCUT2D eigenvalue weighted by atomic mass is 35.5. The van der Waals surface area contributed by atoms with Gasteiger partial charge in [0.1, 0.15) is 5.82 Å². The van der Waals surface area contributed by atoms with E-state index in [1.54, 1.807) is 6.20 Å². The summed E-state index contributed by atoms with van der Waals surface area (Å²) in [5.74, 6) is 1.39. The van der Waals surface area contributed by atoms with Crippen LogP contribution in [-0.2, 0) is 0 Å². The molecule has 1 aliphatic carbocycles. The molecule has 0 radical (unpaired) electrons. The number of hydrogen-bond donors (Lipinski definition) is 2. The van der Waals surface area contributed by atoms with Gasteiger partial charge >= 0.3 is 0 Å². The molecule has 0 amide bonds. The number of anilines is 1. The second-order valence-corrected chi connectivity index (χ2v) is 4.80. The first kappa shape index (κ1) is 11.7.